The lowest BCUT2D eigenvalue weighted by Crippen LogP contribution is -2.27. The van der Waals surface area contributed by atoms with Crippen LogP contribution < -0.4 is 11.1 Å². The zero-order valence-corrected chi connectivity index (χ0v) is 9.88. The first-order valence-corrected chi connectivity index (χ1v) is 5.31. The van der Waals surface area contributed by atoms with Crippen LogP contribution in [0, 0.1) is 5.82 Å². The predicted molar refractivity (Wildman–Crippen MR) is 60.2 cm³/mol. The highest BCUT2D eigenvalue weighted by atomic mass is 79.9. The van der Waals surface area contributed by atoms with Crippen molar-refractivity contribution in [2.24, 2.45) is 5.73 Å². The summed E-state index contributed by atoms with van der Waals surface area (Å²) in [5.41, 5.74) is 5.23. The molecule has 0 aliphatic carbocycles. The second-order valence-corrected chi connectivity index (χ2v) is 3.96. The summed E-state index contributed by atoms with van der Waals surface area (Å²) in [5, 5.41) is 2.49. The van der Waals surface area contributed by atoms with Crippen molar-refractivity contribution in [1.82, 2.24) is 5.32 Å². The van der Waals surface area contributed by atoms with Crippen LogP contribution in [0.4, 0.5) is 4.39 Å². The van der Waals surface area contributed by atoms with Crippen LogP contribution >= 0.6 is 15.9 Å². The average molecular weight is 289 g/mol. The maximum Gasteiger partial charge on any atom is 0.251 e. The van der Waals surface area contributed by atoms with Crippen molar-refractivity contribution in [3.8, 4) is 0 Å². The number of primary amides is 1. The minimum atomic E-state index is -0.486. The van der Waals surface area contributed by atoms with E-state index in [2.05, 4.69) is 21.2 Å². The number of halogens is 2. The van der Waals surface area contributed by atoms with E-state index in [4.69, 9.17) is 5.73 Å². The van der Waals surface area contributed by atoms with Crippen LogP contribution in [0.15, 0.2) is 22.7 Å². The molecule has 0 aliphatic heterocycles. The number of rotatable bonds is 4. The summed E-state index contributed by atoms with van der Waals surface area (Å²) < 4.78 is 13.1. The van der Waals surface area contributed by atoms with Crippen molar-refractivity contribution in [2.75, 3.05) is 6.54 Å². The van der Waals surface area contributed by atoms with Crippen LogP contribution in [0.25, 0.3) is 0 Å². The van der Waals surface area contributed by atoms with E-state index in [1.807, 2.05) is 0 Å². The second-order valence-electron chi connectivity index (χ2n) is 3.10. The molecular weight excluding hydrogens is 279 g/mol. The van der Waals surface area contributed by atoms with E-state index in [1.165, 1.54) is 18.2 Å². The van der Waals surface area contributed by atoms with E-state index in [9.17, 15) is 14.0 Å². The summed E-state index contributed by atoms with van der Waals surface area (Å²) in [5.74, 6) is -1.30. The fourth-order valence-electron chi connectivity index (χ4n) is 1.04. The molecule has 1 aromatic rings. The molecule has 3 N–H and O–H groups in total. The zero-order chi connectivity index (χ0) is 12.1. The highest BCUT2D eigenvalue weighted by molar-refractivity contribution is 9.10. The molecule has 4 nitrogen and oxygen atoms in total. The van der Waals surface area contributed by atoms with E-state index in [-0.39, 0.29) is 23.3 Å². The number of hydrogen-bond acceptors (Lipinski definition) is 2. The highest BCUT2D eigenvalue weighted by Crippen LogP contribution is 2.16. The molecule has 0 atom stereocenters. The summed E-state index contributed by atoms with van der Waals surface area (Å²) >= 11 is 2.98. The lowest BCUT2D eigenvalue weighted by molar-refractivity contribution is -0.117. The third-order valence-corrected chi connectivity index (χ3v) is 2.45. The topological polar surface area (TPSA) is 72.2 Å². The minimum Gasteiger partial charge on any atom is -0.370 e. The maximum atomic E-state index is 12.9. The molecule has 1 rings (SSSR count). The summed E-state index contributed by atoms with van der Waals surface area (Å²) in [4.78, 5) is 21.9. The van der Waals surface area contributed by atoms with Crippen LogP contribution in [-0.4, -0.2) is 18.4 Å². The number of nitrogens with two attached hydrogens (primary N) is 1. The zero-order valence-electron chi connectivity index (χ0n) is 8.30. The van der Waals surface area contributed by atoms with Gasteiger partial charge in [-0.05, 0) is 34.1 Å². The van der Waals surface area contributed by atoms with Crippen LogP contribution in [-0.2, 0) is 4.79 Å². The van der Waals surface area contributed by atoms with Crippen LogP contribution in [0.5, 0.6) is 0 Å². The fraction of sp³-hybridized carbons (Fsp3) is 0.200. The van der Waals surface area contributed by atoms with Gasteiger partial charge >= 0.3 is 0 Å². The van der Waals surface area contributed by atoms with E-state index < -0.39 is 11.7 Å². The van der Waals surface area contributed by atoms with Gasteiger partial charge in [0.25, 0.3) is 5.91 Å². The molecule has 0 unspecified atom stereocenters. The minimum absolute atomic E-state index is 0.0775. The molecular formula is C10H10BrFN2O2. The van der Waals surface area contributed by atoms with Crippen molar-refractivity contribution in [1.29, 1.82) is 0 Å². The first-order chi connectivity index (χ1) is 7.50. The molecule has 16 heavy (non-hydrogen) atoms. The third-order valence-electron chi connectivity index (χ3n) is 1.84. The lowest BCUT2D eigenvalue weighted by Gasteiger charge is -2.04. The molecule has 86 valence electrons. The van der Waals surface area contributed by atoms with Crippen LogP contribution in [0.2, 0.25) is 0 Å². The van der Waals surface area contributed by atoms with Gasteiger partial charge in [-0.3, -0.25) is 9.59 Å². The van der Waals surface area contributed by atoms with Gasteiger partial charge in [0, 0.05) is 18.5 Å². The van der Waals surface area contributed by atoms with Gasteiger partial charge < -0.3 is 11.1 Å². The Morgan fingerprint density at radius 1 is 1.44 bits per heavy atom. The number of carbonyl (C=O) groups excluding carboxylic acids is 2. The SMILES string of the molecule is NC(=O)CCNC(=O)c1ccc(F)c(Br)c1. The van der Waals surface area contributed by atoms with Gasteiger partial charge in [-0.15, -0.1) is 0 Å². The van der Waals surface area contributed by atoms with E-state index in [0.717, 1.165) is 0 Å². The molecule has 0 spiro atoms. The van der Waals surface area contributed by atoms with Gasteiger partial charge in [-0.25, -0.2) is 4.39 Å². The first-order valence-electron chi connectivity index (χ1n) is 4.52. The van der Waals surface area contributed by atoms with Gasteiger partial charge in [0.2, 0.25) is 5.91 Å². The summed E-state index contributed by atoms with van der Waals surface area (Å²) in [6, 6.07) is 3.92. The second kappa shape index (κ2) is 5.60. The van der Waals surface area contributed by atoms with E-state index >= 15 is 0 Å². The standard InChI is InChI=1S/C10H10BrFN2O2/c11-7-5-6(1-2-8(7)12)10(16)14-4-3-9(13)15/h1-2,5H,3-4H2,(H2,13,15)(H,14,16). The normalized spacial score (nSPS) is 9.88. The molecule has 0 fully saturated rings. The predicted octanol–water partition coefficient (Wildman–Crippen LogP) is 1.19. The van der Waals surface area contributed by atoms with Gasteiger partial charge in [0.15, 0.2) is 0 Å². The first kappa shape index (κ1) is 12.6. The maximum absolute atomic E-state index is 12.9. The number of hydrogen-bond donors (Lipinski definition) is 2. The fourth-order valence-corrected chi connectivity index (χ4v) is 1.42. The van der Waals surface area contributed by atoms with E-state index in [0.29, 0.717) is 5.56 Å². The quantitative estimate of drug-likeness (QED) is 0.874. The van der Waals surface area contributed by atoms with Gasteiger partial charge in [-0.2, -0.15) is 0 Å². The number of amides is 2. The van der Waals surface area contributed by atoms with Crippen LogP contribution in [0.3, 0.4) is 0 Å². The van der Waals surface area contributed by atoms with E-state index in [1.54, 1.807) is 0 Å². The monoisotopic (exact) mass is 288 g/mol. The average Bonchev–Trinajstić information content (AvgIpc) is 2.21. The van der Waals surface area contributed by atoms with Gasteiger partial charge in [0.1, 0.15) is 5.82 Å². The Labute approximate surface area is 100 Å². The Bertz CT molecular complexity index is 423. The van der Waals surface area contributed by atoms with Crippen molar-refractivity contribution >= 4 is 27.7 Å². The highest BCUT2D eigenvalue weighted by Gasteiger charge is 2.08. The molecule has 2 amide bonds. The van der Waals surface area contributed by atoms with Gasteiger partial charge in [0.05, 0.1) is 4.47 Å². The summed E-state index contributed by atoms with van der Waals surface area (Å²) in [7, 11) is 0. The Kier molecular flexibility index (Phi) is 4.42. The Morgan fingerprint density at radius 3 is 2.69 bits per heavy atom. The Morgan fingerprint density at radius 2 is 2.12 bits per heavy atom. The van der Waals surface area contributed by atoms with Crippen molar-refractivity contribution in [2.45, 2.75) is 6.42 Å². The smallest absolute Gasteiger partial charge is 0.251 e. The molecule has 6 heteroatoms. The largest absolute Gasteiger partial charge is 0.370 e. The molecule has 1 aromatic carbocycles. The Balaban J connectivity index is 2.59. The number of nitrogens with one attached hydrogen (secondary N) is 1. The van der Waals surface area contributed by atoms with Crippen molar-refractivity contribution < 1.29 is 14.0 Å². The molecule has 0 aromatic heterocycles. The molecule has 0 radical (unpaired) electrons. The number of carbonyl (C=O) groups is 2. The van der Waals surface area contributed by atoms with Crippen molar-refractivity contribution in [3.63, 3.8) is 0 Å². The molecule has 0 saturated heterocycles. The van der Waals surface area contributed by atoms with Crippen LogP contribution in [0.1, 0.15) is 16.8 Å². The molecule has 0 saturated carbocycles. The lowest BCUT2D eigenvalue weighted by atomic mass is 10.2. The summed E-state index contributed by atoms with van der Waals surface area (Å²) in [6.45, 7) is 0.170. The third kappa shape index (κ3) is 3.62. The summed E-state index contributed by atoms with van der Waals surface area (Å²) in [6.07, 6.45) is 0.0775. The molecule has 0 aliphatic rings. The molecule has 0 bridgehead atoms. The number of benzene rings is 1. The molecule has 0 heterocycles. The Hall–Kier alpha value is -1.43. The van der Waals surface area contributed by atoms with Gasteiger partial charge in [-0.1, -0.05) is 0 Å². The van der Waals surface area contributed by atoms with Crippen molar-refractivity contribution in [3.05, 3.63) is 34.1 Å².